The number of ether oxygens (including phenoxy) is 1. The Balaban J connectivity index is 0.00000242. The molecule has 22 heavy (non-hydrogen) atoms. The molecule has 0 aliphatic heterocycles. The Labute approximate surface area is 141 Å². The van der Waals surface area contributed by atoms with E-state index in [-0.39, 0.29) is 18.3 Å². The maximum Gasteiger partial charge on any atom is 0.221 e. The van der Waals surface area contributed by atoms with Gasteiger partial charge in [-0.25, -0.2) is 0 Å². The van der Waals surface area contributed by atoms with Gasteiger partial charge in [0.1, 0.15) is 5.75 Å². The van der Waals surface area contributed by atoms with Crippen LogP contribution in [0.25, 0.3) is 11.1 Å². The van der Waals surface area contributed by atoms with Gasteiger partial charge in [-0.15, -0.1) is 23.7 Å². The van der Waals surface area contributed by atoms with Crippen LogP contribution in [0.3, 0.4) is 0 Å². The molecule has 0 saturated carbocycles. The number of nitrogens with one attached hydrogen (secondary N) is 2. The van der Waals surface area contributed by atoms with Gasteiger partial charge in [0, 0.05) is 17.8 Å². The van der Waals surface area contributed by atoms with E-state index in [2.05, 4.69) is 22.1 Å². The van der Waals surface area contributed by atoms with E-state index in [1.54, 1.807) is 18.4 Å². The zero-order valence-corrected chi connectivity index (χ0v) is 14.4. The highest BCUT2D eigenvalue weighted by Gasteiger charge is 2.05. The summed E-state index contributed by atoms with van der Waals surface area (Å²) in [6.07, 6.45) is 0.507. The summed E-state index contributed by atoms with van der Waals surface area (Å²) in [5, 5.41) is 8.00. The van der Waals surface area contributed by atoms with Crippen LogP contribution >= 0.6 is 23.7 Å². The van der Waals surface area contributed by atoms with E-state index < -0.39 is 0 Å². The maximum atomic E-state index is 11.6. The van der Waals surface area contributed by atoms with Gasteiger partial charge in [0.05, 0.1) is 13.7 Å². The number of carbonyl (C=O) groups excluding carboxylic acids is 1. The quantitative estimate of drug-likeness (QED) is 0.814. The highest BCUT2D eigenvalue weighted by atomic mass is 35.5. The molecule has 0 atom stereocenters. The van der Waals surface area contributed by atoms with Crippen molar-refractivity contribution < 1.29 is 9.53 Å². The molecule has 2 rings (SSSR count). The summed E-state index contributed by atoms with van der Waals surface area (Å²) in [7, 11) is 3.50. The van der Waals surface area contributed by atoms with E-state index in [9.17, 15) is 4.79 Å². The van der Waals surface area contributed by atoms with E-state index >= 15 is 0 Å². The lowest BCUT2D eigenvalue weighted by Gasteiger charge is -2.03. The highest BCUT2D eigenvalue weighted by molar-refractivity contribution is 7.10. The predicted molar refractivity (Wildman–Crippen MR) is 93.9 cm³/mol. The second-order valence-electron chi connectivity index (χ2n) is 4.66. The molecule has 0 saturated heterocycles. The average molecular weight is 341 g/mol. The zero-order valence-electron chi connectivity index (χ0n) is 12.7. The summed E-state index contributed by atoms with van der Waals surface area (Å²) in [5.74, 6) is 0.926. The number of amides is 1. The lowest BCUT2D eigenvalue weighted by Crippen LogP contribution is -2.25. The van der Waals surface area contributed by atoms with Crippen molar-refractivity contribution in [2.45, 2.75) is 13.0 Å². The Morgan fingerprint density at radius 2 is 1.95 bits per heavy atom. The number of halogens is 1. The first kappa shape index (κ1) is 18.5. The molecule has 1 aromatic heterocycles. The SMILES string of the molecule is CNCCC(=O)NCc1cc(-c2ccc(OC)cc2)cs1.Cl. The summed E-state index contributed by atoms with van der Waals surface area (Å²) in [5.41, 5.74) is 2.32. The fourth-order valence-electron chi connectivity index (χ4n) is 1.92. The van der Waals surface area contributed by atoms with Gasteiger partial charge in [-0.1, -0.05) is 12.1 Å². The molecule has 1 heterocycles. The van der Waals surface area contributed by atoms with Gasteiger partial charge >= 0.3 is 0 Å². The summed E-state index contributed by atoms with van der Waals surface area (Å²) >= 11 is 1.66. The third-order valence-electron chi connectivity index (χ3n) is 3.14. The molecule has 0 spiro atoms. The zero-order chi connectivity index (χ0) is 15.1. The fourth-order valence-corrected chi connectivity index (χ4v) is 2.75. The molecule has 1 aromatic carbocycles. The van der Waals surface area contributed by atoms with Gasteiger partial charge in [0.15, 0.2) is 0 Å². The Bertz CT molecular complexity index is 584. The summed E-state index contributed by atoms with van der Waals surface area (Å²) in [6, 6.07) is 10.1. The van der Waals surface area contributed by atoms with Crippen LogP contribution in [-0.4, -0.2) is 26.6 Å². The molecule has 2 N–H and O–H groups in total. The van der Waals surface area contributed by atoms with E-state index in [0.717, 1.165) is 16.2 Å². The number of methoxy groups -OCH3 is 1. The molecule has 120 valence electrons. The number of carbonyl (C=O) groups is 1. The van der Waals surface area contributed by atoms with Gasteiger partial charge in [-0.3, -0.25) is 4.79 Å². The topological polar surface area (TPSA) is 50.4 Å². The molecule has 0 bridgehead atoms. The van der Waals surface area contributed by atoms with Crippen LogP contribution in [-0.2, 0) is 11.3 Å². The number of rotatable bonds is 7. The number of thiophene rings is 1. The minimum absolute atomic E-state index is 0. The molecule has 0 aliphatic rings. The van der Waals surface area contributed by atoms with Crippen LogP contribution in [0.5, 0.6) is 5.75 Å². The van der Waals surface area contributed by atoms with Crippen LogP contribution in [0.15, 0.2) is 35.7 Å². The molecule has 4 nitrogen and oxygen atoms in total. The van der Waals surface area contributed by atoms with E-state index in [1.165, 1.54) is 5.56 Å². The Morgan fingerprint density at radius 3 is 2.59 bits per heavy atom. The Hall–Kier alpha value is -1.56. The maximum absolute atomic E-state index is 11.6. The van der Waals surface area contributed by atoms with Gasteiger partial charge < -0.3 is 15.4 Å². The van der Waals surface area contributed by atoms with Gasteiger partial charge in [-0.2, -0.15) is 0 Å². The minimum Gasteiger partial charge on any atom is -0.497 e. The highest BCUT2D eigenvalue weighted by Crippen LogP contribution is 2.27. The minimum atomic E-state index is 0. The van der Waals surface area contributed by atoms with Crippen molar-refractivity contribution >= 4 is 29.7 Å². The second-order valence-corrected chi connectivity index (χ2v) is 5.66. The lowest BCUT2D eigenvalue weighted by molar-refractivity contribution is -0.121. The van der Waals surface area contributed by atoms with E-state index in [4.69, 9.17) is 4.74 Å². The van der Waals surface area contributed by atoms with Crippen LogP contribution in [0.1, 0.15) is 11.3 Å². The lowest BCUT2D eigenvalue weighted by atomic mass is 10.1. The van der Waals surface area contributed by atoms with Crippen LogP contribution in [0.2, 0.25) is 0 Å². The van der Waals surface area contributed by atoms with Crippen LogP contribution in [0.4, 0.5) is 0 Å². The first-order valence-electron chi connectivity index (χ1n) is 6.86. The summed E-state index contributed by atoms with van der Waals surface area (Å²) in [4.78, 5) is 12.7. The smallest absolute Gasteiger partial charge is 0.221 e. The number of hydrogen-bond donors (Lipinski definition) is 2. The second kappa shape index (κ2) is 9.46. The van der Waals surface area contributed by atoms with Gasteiger partial charge in [-0.05, 0) is 41.8 Å². The van der Waals surface area contributed by atoms with Crippen LogP contribution < -0.4 is 15.4 Å². The van der Waals surface area contributed by atoms with E-state index in [0.29, 0.717) is 19.5 Å². The van der Waals surface area contributed by atoms with Crippen LogP contribution in [0, 0.1) is 0 Å². The molecular formula is C16H21ClN2O2S. The number of hydrogen-bond acceptors (Lipinski definition) is 4. The monoisotopic (exact) mass is 340 g/mol. The van der Waals surface area contributed by atoms with Crippen molar-refractivity contribution in [2.24, 2.45) is 0 Å². The molecule has 1 amide bonds. The standard InChI is InChI=1S/C16H20N2O2S.ClH/c1-17-8-7-16(19)18-10-15-9-13(11-21-15)12-3-5-14(20-2)6-4-12;/h3-6,9,11,17H,7-8,10H2,1-2H3,(H,18,19);1H. The summed E-state index contributed by atoms with van der Waals surface area (Å²) in [6.45, 7) is 1.29. The van der Waals surface area contributed by atoms with Crippen molar-refractivity contribution in [2.75, 3.05) is 20.7 Å². The van der Waals surface area contributed by atoms with Crippen molar-refractivity contribution in [3.63, 3.8) is 0 Å². The fraction of sp³-hybridized carbons (Fsp3) is 0.312. The molecule has 0 fully saturated rings. The normalized spacial score (nSPS) is 9.91. The molecule has 2 aromatic rings. The number of benzene rings is 1. The average Bonchev–Trinajstić information content (AvgIpc) is 3.00. The van der Waals surface area contributed by atoms with Crippen molar-refractivity contribution in [1.29, 1.82) is 0 Å². The Kier molecular flexibility index (Phi) is 7.95. The first-order valence-corrected chi connectivity index (χ1v) is 7.74. The molecule has 0 unspecified atom stereocenters. The third kappa shape index (κ3) is 5.33. The van der Waals surface area contributed by atoms with Crippen molar-refractivity contribution in [1.82, 2.24) is 10.6 Å². The Morgan fingerprint density at radius 1 is 1.23 bits per heavy atom. The van der Waals surface area contributed by atoms with Crippen molar-refractivity contribution in [3.05, 3.63) is 40.6 Å². The molecular weight excluding hydrogens is 320 g/mol. The van der Waals surface area contributed by atoms with Gasteiger partial charge in [0.25, 0.3) is 0 Å². The third-order valence-corrected chi connectivity index (χ3v) is 4.08. The molecule has 0 radical (unpaired) electrons. The van der Waals surface area contributed by atoms with Gasteiger partial charge in [0.2, 0.25) is 5.91 Å². The van der Waals surface area contributed by atoms with Crippen molar-refractivity contribution in [3.8, 4) is 16.9 Å². The van der Waals surface area contributed by atoms with E-state index in [1.807, 2.05) is 31.3 Å². The predicted octanol–water partition coefficient (Wildman–Crippen LogP) is 3.07. The molecule has 0 aliphatic carbocycles. The summed E-state index contributed by atoms with van der Waals surface area (Å²) < 4.78 is 5.16. The largest absolute Gasteiger partial charge is 0.497 e. The molecule has 6 heteroatoms. The first-order chi connectivity index (χ1) is 10.2.